The van der Waals surface area contributed by atoms with Gasteiger partial charge in [0, 0.05) is 5.56 Å². The first-order valence-electron chi connectivity index (χ1n) is 5.60. The van der Waals surface area contributed by atoms with Gasteiger partial charge < -0.3 is 9.84 Å². The van der Waals surface area contributed by atoms with Gasteiger partial charge in [-0.15, -0.1) is 0 Å². The Bertz CT molecular complexity index is 518. The molecule has 0 spiro atoms. The summed E-state index contributed by atoms with van der Waals surface area (Å²) >= 11 is 0. The Kier molecular flexibility index (Phi) is 3.45. The lowest BCUT2D eigenvalue weighted by Gasteiger charge is -2.14. The Balaban J connectivity index is 2.67. The molecule has 1 N–H and O–H groups in total. The summed E-state index contributed by atoms with van der Waals surface area (Å²) in [5, 5.41) is 9.39. The molecule has 2 heteroatoms. The summed E-state index contributed by atoms with van der Waals surface area (Å²) < 4.78 is 5.40. The molecule has 0 aliphatic carbocycles. The Morgan fingerprint density at radius 3 is 2.53 bits per heavy atom. The van der Waals surface area contributed by atoms with Crippen molar-refractivity contribution in [3.63, 3.8) is 0 Å². The van der Waals surface area contributed by atoms with Crippen molar-refractivity contribution < 1.29 is 9.84 Å². The van der Waals surface area contributed by atoms with Crippen molar-refractivity contribution in [1.29, 1.82) is 0 Å². The SMILES string of the molecule is COc1cccc(C)c1-c1ccccc1CO. The average molecular weight is 228 g/mol. The molecule has 0 bridgehead atoms. The summed E-state index contributed by atoms with van der Waals surface area (Å²) in [4.78, 5) is 0. The van der Waals surface area contributed by atoms with Crippen LogP contribution in [0.4, 0.5) is 0 Å². The normalized spacial score (nSPS) is 10.3. The molecular weight excluding hydrogens is 212 g/mol. The molecule has 0 unspecified atom stereocenters. The van der Waals surface area contributed by atoms with Crippen LogP contribution in [0.25, 0.3) is 11.1 Å². The molecule has 0 saturated heterocycles. The van der Waals surface area contributed by atoms with Crippen LogP contribution in [0.3, 0.4) is 0 Å². The maximum atomic E-state index is 9.39. The largest absolute Gasteiger partial charge is 0.496 e. The predicted molar refractivity (Wildman–Crippen MR) is 69.1 cm³/mol. The number of aliphatic hydroxyl groups excluding tert-OH is 1. The summed E-state index contributed by atoms with van der Waals surface area (Å²) in [6, 6.07) is 13.8. The van der Waals surface area contributed by atoms with Crippen LogP contribution in [-0.4, -0.2) is 12.2 Å². The van der Waals surface area contributed by atoms with Gasteiger partial charge in [0.05, 0.1) is 13.7 Å². The van der Waals surface area contributed by atoms with Gasteiger partial charge in [0.1, 0.15) is 5.75 Å². The number of benzene rings is 2. The fraction of sp³-hybridized carbons (Fsp3) is 0.200. The highest BCUT2D eigenvalue weighted by Crippen LogP contribution is 2.34. The van der Waals surface area contributed by atoms with Gasteiger partial charge in [-0.05, 0) is 29.7 Å². The van der Waals surface area contributed by atoms with Crippen molar-refractivity contribution in [2.75, 3.05) is 7.11 Å². The molecule has 0 amide bonds. The van der Waals surface area contributed by atoms with Crippen molar-refractivity contribution in [2.45, 2.75) is 13.5 Å². The minimum Gasteiger partial charge on any atom is -0.496 e. The molecule has 0 aliphatic heterocycles. The molecule has 0 fully saturated rings. The van der Waals surface area contributed by atoms with Crippen LogP contribution in [0.1, 0.15) is 11.1 Å². The van der Waals surface area contributed by atoms with Crippen LogP contribution in [0.5, 0.6) is 5.75 Å². The monoisotopic (exact) mass is 228 g/mol. The second-order valence-electron chi connectivity index (χ2n) is 3.97. The summed E-state index contributed by atoms with van der Waals surface area (Å²) in [6.07, 6.45) is 0. The van der Waals surface area contributed by atoms with Gasteiger partial charge in [-0.25, -0.2) is 0 Å². The second kappa shape index (κ2) is 5.02. The van der Waals surface area contributed by atoms with Crippen LogP contribution < -0.4 is 4.74 Å². The minimum atomic E-state index is 0.0354. The maximum absolute atomic E-state index is 9.39. The molecule has 0 aromatic heterocycles. The van der Waals surface area contributed by atoms with E-state index in [0.29, 0.717) is 0 Å². The van der Waals surface area contributed by atoms with E-state index in [-0.39, 0.29) is 6.61 Å². The third kappa shape index (κ3) is 2.17. The van der Waals surface area contributed by atoms with Gasteiger partial charge in [0.25, 0.3) is 0 Å². The Hall–Kier alpha value is -1.80. The molecule has 2 aromatic rings. The second-order valence-corrected chi connectivity index (χ2v) is 3.97. The van der Waals surface area contributed by atoms with E-state index in [2.05, 4.69) is 0 Å². The first-order valence-corrected chi connectivity index (χ1v) is 5.60. The fourth-order valence-electron chi connectivity index (χ4n) is 2.06. The van der Waals surface area contributed by atoms with Crippen LogP contribution in [0, 0.1) is 6.92 Å². The van der Waals surface area contributed by atoms with E-state index < -0.39 is 0 Å². The van der Waals surface area contributed by atoms with Gasteiger partial charge in [-0.2, -0.15) is 0 Å². The number of rotatable bonds is 3. The summed E-state index contributed by atoms with van der Waals surface area (Å²) in [7, 11) is 1.67. The van der Waals surface area contributed by atoms with Crippen molar-refractivity contribution in [3.05, 3.63) is 53.6 Å². The van der Waals surface area contributed by atoms with E-state index >= 15 is 0 Å². The third-order valence-corrected chi connectivity index (χ3v) is 2.91. The zero-order valence-corrected chi connectivity index (χ0v) is 10.1. The number of methoxy groups -OCH3 is 1. The Labute approximate surface area is 101 Å². The Morgan fingerprint density at radius 1 is 1.06 bits per heavy atom. The lowest BCUT2D eigenvalue weighted by Crippen LogP contribution is -1.94. The number of aryl methyl sites for hydroxylation is 1. The maximum Gasteiger partial charge on any atom is 0.126 e. The molecule has 2 nitrogen and oxygen atoms in total. The number of aliphatic hydroxyl groups is 1. The number of hydrogen-bond acceptors (Lipinski definition) is 2. The summed E-state index contributed by atoms with van der Waals surface area (Å²) in [6.45, 7) is 2.08. The van der Waals surface area contributed by atoms with Gasteiger partial charge >= 0.3 is 0 Å². The van der Waals surface area contributed by atoms with E-state index in [1.165, 1.54) is 0 Å². The molecule has 0 aliphatic rings. The summed E-state index contributed by atoms with van der Waals surface area (Å²) in [5.41, 5.74) is 4.15. The molecular formula is C15H16O2. The van der Waals surface area contributed by atoms with E-state index in [4.69, 9.17) is 4.74 Å². The number of hydrogen-bond donors (Lipinski definition) is 1. The van der Waals surface area contributed by atoms with E-state index in [1.54, 1.807) is 7.11 Å². The van der Waals surface area contributed by atoms with E-state index in [0.717, 1.165) is 28.0 Å². The molecule has 88 valence electrons. The molecule has 0 radical (unpaired) electrons. The van der Waals surface area contributed by atoms with Crippen LogP contribution in [0.2, 0.25) is 0 Å². The zero-order chi connectivity index (χ0) is 12.3. The lowest BCUT2D eigenvalue weighted by atomic mass is 9.95. The van der Waals surface area contributed by atoms with Crippen molar-refractivity contribution in [2.24, 2.45) is 0 Å². The van der Waals surface area contributed by atoms with E-state index in [1.807, 2.05) is 49.4 Å². The van der Waals surface area contributed by atoms with Crippen molar-refractivity contribution >= 4 is 0 Å². The summed E-state index contributed by atoms with van der Waals surface area (Å²) in [5.74, 6) is 0.839. The van der Waals surface area contributed by atoms with Gasteiger partial charge in [-0.3, -0.25) is 0 Å². The molecule has 2 rings (SSSR count). The van der Waals surface area contributed by atoms with Crippen LogP contribution >= 0.6 is 0 Å². The predicted octanol–water partition coefficient (Wildman–Crippen LogP) is 3.16. The van der Waals surface area contributed by atoms with E-state index in [9.17, 15) is 5.11 Å². The van der Waals surface area contributed by atoms with Crippen LogP contribution in [-0.2, 0) is 6.61 Å². The molecule has 0 heterocycles. The minimum absolute atomic E-state index is 0.0354. The quantitative estimate of drug-likeness (QED) is 0.874. The first kappa shape index (κ1) is 11.7. The highest BCUT2D eigenvalue weighted by atomic mass is 16.5. The standard InChI is InChI=1S/C15H16O2/c1-11-6-5-9-14(17-2)15(11)13-8-4-3-7-12(13)10-16/h3-9,16H,10H2,1-2H3. The average Bonchev–Trinajstić information content (AvgIpc) is 2.38. The molecule has 0 saturated carbocycles. The highest BCUT2D eigenvalue weighted by Gasteiger charge is 2.11. The topological polar surface area (TPSA) is 29.5 Å². The molecule has 2 aromatic carbocycles. The van der Waals surface area contributed by atoms with Gasteiger partial charge in [0.2, 0.25) is 0 Å². The zero-order valence-electron chi connectivity index (χ0n) is 10.1. The third-order valence-electron chi connectivity index (χ3n) is 2.91. The van der Waals surface area contributed by atoms with Crippen molar-refractivity contribution in [3.8, 4) is 16.9 Å². The molecule has 17 heavy (non-hydrogen) atoms. The van der Waals surface area contributed by atoms with Gasteiger partial charge in [0.15, 0.2) is 0 Å². The smallest absolute Gasteiger partial charge is 0.126 e. The van der Waals surface area contributed by atoms with Gasteiger partial charge in [-0.1, -0.05) is 36.4 Å². The first-order chi connectivity index (χ1) is 8.27. The highest BCUT2D eigenvalue weighted by molar-refractivity contribution is 5.76. The van der Waals surface area contributed by atoms with Crippen molar-refractivity contribution in [1.82, 2.24) is 0 Å². The lowest BCUT2D eigenvalue weighted by molar-refractivity contribution is 0.282. The Morgan fingerprint density at radius 2 is 1.82 bits per heavy atom. The van der Waals surface area contributed by atoms with Crippen LogP contribution in [0.15, 0.2) is 42.5 Å². The number of ether oxygens (including phenoxy) is 1. The fourth-order valence-corrected chi connectivity index (χ4v) is 2.06. The molecule has 0 atom stereocenters.